The number of rotatable bonds is 4. The fourth-order valence-corrected chi connectivity index (χ4v) is 2.19. The van der Waals surface area contributed by atoms with Gasteiger partial charge in [-0.25, -0.2) is 8.42 Å². The topological polar surface area (TPSA) is 94.8 Å². The minimum absolute atomic E-state index is 0.209. The molecule has 0 saturated heterocycles. The SMILES string of the molecule is CC(C)S(=O)(=O)Nc1ccc(-c2cc(=O)[nH][nH]2)cc1. The molecule has 0 aliphatic rings. The maximum absolute atomic E-state index is 11.7. The van der Waals surface area contributed by atoms with E-state index in [1.807, 2.05) is 0 Å². The Morgan fingerprint density at radius 3 is 2.21 bits per heavy atom. The number of benzene rings is 1. The molecule has 2 rings (SSSR count). The number of anilines is 1. The van der Waals surface area contributed by atoms with Crippen molar-refractivity contribution in [1.29, 1.82) is 0 Å². The lowest BCUT2D eigenvalue weighted by Gasteiger charge is -2.10. The molecule has 0 fully saturated rings. The van der Waals surface area contributed by atoms with Gasteiger partial charge < -0.3 is 0 Å². The molecular weight excluding hydrogens is 266 g/mol. The summed E-state index contributed by atoms with van der Waals surface area (Å²) in [5.41, 5.74) is 1.74. The quantitative estimate of drug-likeness (QED) is 0.793. The first kappa shape index (κ1) is 13.4. The molecule has 2 aromatic rings. The van der Waals surface area contributed by atoms with Crippen molar-refractivity contribution in [1.82, 2.24) is 10.2 Å². The number of hydrogen-bond acceptors (Lipinski definition) is 3. The van der Waals surface area contributed by atoms with E-state index in [9.17, 15) is 13.2 Å². The van der Waals surface area contributed by atoms with Crippen LogP contribution in [-0.2, 0) is 10.0 Å². The summed E-state index contributed by atoms with van der Waals surface area (Å²) >= 11 is 0. The van der Waals surface area contributed by atoms with Gasteiger partial charge in [0.2, 0.25) is 10.0 Å². The highest BCUT2D eigenvalue weighted by molar-refractivity contribution is 7.93. The number of sulfonamides is 1. The Bertz CT molecular complexity index is 711. The zero-order valence-corrected chi connectivity index (χ0v) is 11.4. The van der Waals surface area contributed by atoms with Crippen molar-refractivity contribution in [2.24, 2.45) is 0 Å². The second-order valence-electron chi connectivity index (χ2n) is 4.45. The molecule has 1 aromatic carbocycles. The van der Waals surface area contributed by atoms with Gasteiger partial charge in [-0.1, -0.05) is 12.1 Å². The van der Waals surface area contributed by atoms with Crippen LogP contribution in [0.2, 0.25) is 0 Å². The van der Waals surface area contributed by atoms with Gasteiger partial charge in [-0.2, -0.15) is 0 Å². The first-order valence-electron chi connectivity index (χ1n) is 5.78. The number of aromatic amines is 2. The maximum atomic E-state index is 11.7. The summed E-state index contributed by atoms with van der Waals surface area (Å²) < 4.78 is 25.9. The Morgan fingerprint density at radius 2 is 1.74 bits per heavy atom. The standard InChI is InChI=1S/C12H15N3O3S/c1-8(2)19(17,18)15-10-5-3-9(4-6-10)11-7-12(16)14-13-11/h3-8,15H,1-2H3,(H2,13,14,16). The lowest BCUT2D eigenvalue weighted by molar-refractivity contribution is 0.593. The highest BCUT2D eigenvalue weighted by Crippen LogP contribution is 2.19. The van der Waals surface area contributed by atoms with Crippen LogP contribution in [0.25, 0.3) is 11.3 Å². The Labute approximate surface area is 110 Å². The molecule has 0 aliphatic heterocycles. The van der Waals surface area contributed by atoms with E-state index in [0.29, 0.717) is 11.4 Å². The van der Waals surface area contributed by atoms with Crippen LogP contribution in [0.4, 0.5) is 5.69 Å². The molecule has 7 heteroatoms. The van der Waals surface area contributed by atoms with E-state index in [0.717, 1.165) is 5.56 Å². The predicted octanol–water partition coefficient (Wildman–Crippen LogP) is 1.52. The van der Waals surface area contributed by atoms with Crippen LogP contribution in [0.3, 0.4) is 0 Å². The molecular formula is C12H15N3O3S. The average molecular weight is 281 g/mol. The molecule has 0 radical (unpaired) electrons. The second-order valence-corrected chi connectivity index (χ2v) is 6.68. The van der Waals surface area contributed by atoms with Crippen molar-refractivity contribution in [3.63, 3.8) is 0 Å². The minimum atomic E-state index is -3.34. The second kappa shape index (κ2) is 4.93. The molecule has 0 spiro atoms. The van der Waals surface area contributed by atoms with Crippen LogP contribution in [0.1, 0.15) is 13.8 Å². The normalized spacial score (nSPS) is 11.7. The molecule has 0 saturated carbocycles. The average Bonchev–Trinajstić information content (AvgIpc) is 2.76. The molecule has 0 atom stereocenters. The van der Waals surface area contributed by atoms with Gasteiger partial charge in [-0.05, 0) is 31.5 Å². The van der Waals surface area contributed by atoms with Crippen LogP contribution in [0.5, 0.6) is 0 Å². The van der Waals surface area contributed by atoms with Crippen LogP contribution in [0, 0.1) is 0 Å². The lowest BCUT2D eigenvalue weighted by Crippen LogP contribution is -2.22. The predicted molar refractivity (Wildman–Crippen MR) is 74.5 cm³/mol. The highest BCUT2D eigenvalue weighted by atomic mass is 32.2. The number of nitrogens with one attached hydrogen (secondary N) is 3. The van der Waals surface area contributed by atoms with Crippen molar-refractivity contribution in [2.75, 3.05) is 4.72 Å². The molecule has 1 aromatic heterocycles. The van der Waals surface area contributed by atoms with Gasteiger partial charge in [0.1, 0.15) is 0 Å². The fourth-order valence-electron chi connectivity index (χ4n) is 1.49. The largest absolute Gasteiger partial charge is 0.298 e. The van der Waals surface area contributed by atoms with Gasteiger partial charge >= 0.3 is 0 Å². The molecule has 0 unspecified atom stereocenters. The maximum Gasteiger partial charge on any atom is 0.264 e. The summed E-state index contributed by atoms with van der Waals surface area (Å²) in [4.78, 5) is 11.0. The summed E-state index contributed by atoms with van der Waals surface area (Å²) in [6, 6.07) is 8.21. The molecule has 102 valence electrons. The molecule has 0 amide bonds. The Balaban J connectivity index is 2.22. The van der Waals surface area contributed by atoms with E-state index in [2.05, 4.69) is 14.9 Å². The van der Waals surface area contributed by atoms with E-state index in [1.54, 1.807) is 38.1 Å². The third kappa shape index (κ3) is 3.05. The third-order valence-corrected chi connectivity index (χ3v) is 4.43. The Morgan fingerprint density at radius 1 is 1.11 bits per heavy atom. The van der Waals surface area contributed by atoms with Crippen LogP contribution in [-0.4, -0.2) is 23.9 Å². The van der Waals surface area contributed by atoms with E-state index >= 15 is 0 Å². The van der Waals surface area contributed by atoms with Crippen molar-refractivity contribution < 1.29 is 8.42 Å². The molecule has 6 nitrogen and oxygen atoms in total. The summed E-state index contributed by atoms with van der Waals surface area (Å²) in [5.74, 6) is 0. The van der Waals surface area contributed by atoms with Crippen LogP contribution < -0.4 is 10.3 Å². The summed E-state index contributed by atoms with van der Waals surface area (Å²) in [7, 11) is -3.34. The zero-order valence-electron chi connectivity index (χ0n) is 10.6. The molecule has 0 aliphatic carbocycles. The van der Waals surface area contributed by atoms with Gasteiger partial charge in [-0.3, -0.25) is 19.7 Å². The molecule has 19 heavy (non-hydrogen) atoms. The van der Waals surface area contributed by atoms with Gasteiger partial charge in [0.15, 0.2) is 0 Å². The Kier molecular flexibility index (Phi) is 3.48. The van der Waals surface area contributed by atoms with E-state index < -0.39 is 15.3 Å². The smallest absolute Gasteiger partial charge is 0.264 e. The van der Waals surface area contributed by atoms with Crippen LogP contribution in [0.15, 0.2) is 35.1 Å². The minimum Gasteiger partial charge on any atom is -0.298 e. The summed E-state index contributed by atoms with van der Waals surface area (Å²) in [6.45, 7) is 3.22. The van der Waals surface area contributed by atoms with Crippen LogP contribution >= 0.6 is 0 Å². The van der Waals surface area contributed by atoms with Crippen molar-refractivity contribution in [2.45, 2.75) is 19.1 Å². The summed E-state index contributed by atoms with van der Waals surface area (Å²) in [5, 5.41) is 4.68. The first-order valence-corrected chi connectivity index (χ1v) is 7.33. The van der Waals surface area contributed by atoms with Crippen molar-refractivity contribution in [3.05, 3.63) is 40.7 Å². The highest BCUT2D eigenvalue weighted by Gasteiger charge is 2.15. The van der Waals surface area contributed by atoms with E-state index in [1.165, 1.54) is 6.07 Å². The van der Waals surface area contributed by atoms with Gasteiger partial charge in [0.05, 0.1) is 10.9 Å². The monoisotopic (exact) mass is 281 g/mol. The molecule has 3 N–H and O–H groups in total. The molecule has 0 bridgehead atoms. The third-order valence-electron chi connectivity index (χ3n) is 2.67. The lowest BCUT2D eigenvalue weighted by atomic mass is 10.1. The summed E-state index contributed by atoms with van der Waals surface area (Å²) in [6.07, 6.45) is 0. The van der Waals surface area contributed by atoms with Gasteiger partial charge in [-0.15, -0.1) is 0 Å². The Hall–Kier alpha value is -2.02. The van der Waals surface area contributed by atoms with E-state index in [-0.39, 0.29) is 5.56 Å². The van der Waals surface area contributed by atoms with Crippen molar-refractivity contribution >= 4 is 15.7 Å². The van der Waals surface area contributed by atoms with Crippen molar-refractivity contribution in [3.8, 4) is 11.3 Å². The number of aromatic nitrogens is 2. The zero-order chi connectivity index (χ0) is 14.0. The first-order chi connectivity index (χ1) is 8.88. The molecule has 1 heterocycles. The van der Waals surface area contributed by atoms with E-state index in [4.69, 9.17) is 0 Å². The van der Waals surface area contributed by atoms with Gasteiger partial charge in [0, 0.05) is 11.8 Å². The number of hydrogen-bond donors (Lipinski definition) is 3. The fraction of sp³-hybridized carbons (Fsp3) is 0.250. The number of H-pyrrole nitrogens is 2. The van der Waals surface area contributed by atoms with Gasteiger partial charge in [0.25, 0.3) is 5.56 Å².